The van der Waals surface area contributed by atoms with Crippen molar-refractivity contribution in [3.05, 3.63) is 23.4 Å². The molecule has 1 aliphatic rings. The molecule has 4 nitrogen and oxygen atoms in total. The number of hydrogen-bond acceptors (Lipinski definition) is 3. The van der Waals surface area contributed by atoms with Gasteiger partial charge in [-0.25, -0.2) is 5.84 Å². The highest BCUT2D eigenvalue weighted by Gasteiger charge is 2.31. The van der Waals surface area contributed by atoms with Crippen molar-refractivity contribution < 1.29 is 4.79 Å². The minimum absolute atomic E-state index is 0.00164. The molecule has 1 heterocycles. The molecule has 0 spiro atoms. The lowest BCUT2D eigenvalue weighted by atomic mass is 9.84. The molecule has 96 valence electrons. The van der Waals surface area contributed by atoms with Gasteiger partial charge in [0, 0.05) is 13.6 Å². The van der Waals surface area contributed by atoms with Gasteiger partial charge in [-0.1, -0.05) is 32.9 Å². The number of piperazine rings is 1. The van der Waals surface area contributed by atoms with Crippen LogP contribution in [0.3, 0.4) is 0 Å². The van der Waals surface area contributed by atoms with Gasteiger partial charge in [-0.3, -0.25) is 4.79 Å². The summed E-state index contributed by atoms with van der Waals surface area (Å²) in [6, 6.07) is 0. The van der Waals surface area contributed by atoms with Gasteiger partial charge in [-0.05, 0) is 17.9 Å². The molecule has 1 saturated heterocycles. The number of nitrogens with two attached hydrogens (primary N) is 1. The van der Waals surface area contributed by atoms with E-state index in [-0.39, 0.29) is 11.3 Å². The van der Waals surface area contributed by atoms with Crippen LogP contribution in [0.15, 0.2) is 23.4 Å². The van der Waals surface area contributed by atoms with Gasteiger partial charge in [-0.2, -0.15) is 0 Å². The summed E-state index contributed by atoms with van der Waals surface area (Å²) in [4.78, 5) is 13.9. The van der Waals surface area contributed by atoms with Crippen molar-refractivity contribution in [2.24, 2.45) is 11.3 Å². The molecular weight excluding hydrogens is 214 g/mol. The molecule has 1 rings (SSSR count). The van der Waals surface area contributed by atoms with Crippen molar-refractivity contribution in [1.29, 1.82) is 0 Å². The number of carbonyl (C=O) groups excluding carboxylic acids is 1. The Bertz CT molecular complexity index is 363. The summed E-state index contributed by atoms with van der Waals surface area (Å²) in [6.45, 7) is 9.56. The van der Waals surface area contributed by atoms with E-state index >= 15 is 0 Å². The number of amides is 1. The summed E-state index contributed by atoms with van der Waals surface area (Å²) in [6.07, 6.45) is 3.93. The molecule has 1 aliphatic heterocycles. The Morgan fingerprint density at radius 1 is 1.35 bits per heavy atom. The van der Waals surface area contributed by atoms with E-state index in [9.17, 15) is 4.79 Å². The van der Waals surface area contributed by atoms with Crippen LogP contribution >= 0.6 is 0 Å². The Hall–Kier alpha value is -1.29. The van der Waals surface area contributed by atoms with Gasteiger partial charge in [0.05, 0.1) is 6.54 Å². The number of hydrogen-bond donors (Lipinski definition) is 1. The molecule has 0 radical (unpaired) electrons. The van der Waals surface area contributed by atoms with Crippen LogP contribution in [0.1, 0.15) is 27.7 Å². The van der Waals surface area contributed by atoms with E-state index in [1.165, 1.54) is 0 Å². The standard InChI is InChI=1S/C13H23N3O/c1-6-7-10(13(2,3)4)11-12(17)15(5)8-9-16(11)14/h6-7H,8-9,14H2,1-5H3/b7-6-,11-10+. The smallest absolute Gasteiger partial charge is 0.271 e. The van der Waals surface area contributed by atoms with Crippen LogP contribution < -0.4 is 5.84 Å². The molecule has 0 aliphatic carbocycles. The van der Waals surface area contributed by atoms with Crippen molar-refractivity contribution in [3.8, 4) is 0 Å². The Morgan fingerprint density at radius 2 is 1.94 bits per heavy atom. The molecule has 0 aromatic heterocycles. The summed E-state index contributed by atoms with van der Waals surface area (Å²) in [5, 5.41) is 1.57. The lowest BCUT2D eigenvalue weighted by molar-refractivity contribution is -0.130. The second-order valence-electron chi connectivity index (χ2n) is 5.43. The summed E-state index contributed by atoms with van der Waals surface area (Å²) in [5.41, 5.74) is 1.50. The number of allylic oxidation sites excluding steroid dienone is 3. The molecule has 0 aromatic carbocycles. The third-order valence-corrected chi connectivity index (χ3v) is 2.91. The first-order valence-corrected chi connectivity index (χ1v) is 5.94. The molecule has 2 N–H and O–H groups in total. The zero-order valence-electron chi connectivity index (χ0n) is 11.4. The minimum Gasteiger partial charge on any atom is -0.339 e. The first-order chi connectivity index (χ1) is 7.79. The molecule has 4 heteroatoms. The maximum absolute atomic E-state index is 12.2. The van der Waals surface area contributed by atoms with E-state index in [0.29, 0.717) is 18.8 Å². The third kappa shape index (κ3) is 2.88. The van der Waals surface area contributed by atoms with Gasteiger partial charge in [-0.15, -0.1) is 0 Å². The highest BCUT2D eigenvalue weighted by molar-refractivity contribution is 5.94. The van der Waals surface area contributed by atoms with Gasteiger partial charge in [0.2, 0.25) is 0 Å². The number of likely N-dealkylation sites (N-methyl/N-ethyl adjacent to an activating group) is 1. The fourth-order valence-corrected chi connectivity index (χ4v) is 1.90. The van der Waals surface area contributed by atoms with Crippen LogP contribution in [0, 0.1) is 5.41 Å². The average Bonchev–Trinajstić information content (AvgIpc) is 2.21. The minimum atomic E-state index is -0.104. The third-order valence-electron chi connectivity index (χ3n) is 2.91. The van der Waals surface area contributed by atoms with Gasteiger partial charge in [0.15, 0.2) is 0 Å². The van der Waals surface area contributed by atoms with Crippen molar-refractivity contribution in [1.82, 2.24) is 9.91 Å². The SMILES string of the molecule is C/C=C\C(=C1\C(=O)N(C)CCN1N)C(C)(C)C. The predicted octanol–water partition coefficient (Wildman–Crippen LogP) is 1.51. The molecule has 17 heavy (non-hydrogen) atoms. The number of hydrazine groups is 1. The van der Waals surface area contributed by atoms with Crippen LogP contribution in [-0.2, 0) is 4.79 Å². The number of rotatable bonds is 1. The second-order valence-corrected chi connectivity index (χ2v) is 5.43. The molecule has 0 bridgehead atoms. The Morgan fingerprint density at radius 3 is 2.41 bits per heavy atom. The summed E-state index contributed by atoms with van der Waals surface area (Å²) < 4.78 is 0. The van der Waals surface area contributed by atoms with Crippen molar-refractivity contribution in [3.63, 3.8) is 0 Å². The average molecular weight is 237 g/mol. The van der Waals surface area contributed by atoms with E-state index in [1.807, 2.05) is 26.1 Å². The molecule has 0 unspecified atom stereocenters. The van der Waals surface area contributed by atoms with E-state index in [4.69, 9.17) is 5.84 Å². The molecule has 1 fully saturated rings. The fourth-order valence-electron chi connectivity index (χ4n) is 1.90. The summed E-state index contributed by atoms with van der Waals surface area (Å²) >= 11 is 0. The van der Waals surface area contributed by atoms with Crippen molar-refractivity contribution in [2.75, 3.05) is 20.1 Å². The van der Waals surface area contributed by atoms with Crippen LogP contribution in [0.2, 0.25) is 0 Å². The van der Waals surface area contributed by atoms with E-state index in [0.717, 1.165) is 5.57 Å². The van der Waals surface area contributed by atoms with E-state index in [2.05, 4.69) is 20.8 Å². The molecular formula is C13H23N3O. The monoisotopic (exact) mass is 237 g/mol. The zero-order chi connectivity index (χ0) is 13.2. The molecule has 0 atom stereocenters. The lowest BCUT2D eigenvalue weighted by Gasteiger charge is -2.36. The maximum Gasteiger partial charge on any atom is 0.271 e. The van der Waals surface area contributed by atoms with Crippen LogP contribution in [0.4, 0.5) is 0 Å². The lowest BCUT2D eigenvalue weighted by Crippen LogP contribution is -2.50. The fraction of sp³-hybridized carbons (Fsp3) is 0.615. The van der Waals surface area contributed by atoms with Crippen LogP contribution in [-0.4, -0.2) is 36.0 Å². The molecule has 0 aromatic rings. The van der Waals surface area contributed by atoms with Gasteiger partial charge in [0.25, 0.3) is 5.91 Å². The first kappa shape index (κ1) is 13.8. The van der Waals surface area contributed by atoms with E-state index in [1.54, 1.807) is 9.91 Å². The van der Waals surface area contributed by atoms with Gasteiger partial charge >= 0.3 is 0 Å². The summed E-state index contributed by atoms with van der Waals surface area (Å²) in [5.74, 6) is 5.96. The second kappa shape index (κ2) is 4.92. The van der Waals surface area contributed by atoms with Gasteiger partial charge < -0.3 is 9.91 Å². The van der Waals surface area contributed by atoms with Crippen molar-refractivity contribution in [2.45, 2.75) is 27.7 Å². The van der Waals surface area contributed by atoms with E-state index < -0.39 is 0 Å². The van der Waals surface area contributed by atoms with Crippen LogP contribution in [0.25, 0.3) is 0 Å². The molecule has 1 amide bonds. The normalized spacial score (nSPS) is 21.4. The van der Waals surface area contributed by atoms with Crippen LogP contribution in [0.5, 0.6) is 0 Å². The highest BCUT2D eigenvalue weighted by Crippen LogP contribution is 2.31. The highest BCUT2D eigenvalue weighted by atomic mass is 16.2. The predicted molar refractivity (Wildman–Crippen MR) is 69.8 cm³/mol. The quantitative estimate of drug-likeness (QED) is 0.555. The largest absolute Gasteiger partial charge is 0.339 e. The number of nitrogens with zero attached hydrogens (tertiary/aromatic N) is 2. The Balaban J connectivity index is 3.33. The Kier molecular flexibility index (Phi) is 3.98. The maximum atomic E-state index is 12.2. The number of carbonyl (C=O) groups is 1. The summed E-state index contributed by atoms with van der Waals surface area (Å²) in [7, 11) is 1.81. The van der Waals surface area contributed by atoms with Gasteiger partial charge in [0.1, 0.15) is 5.70 Å². The zero-order valence-corrected chi connectivity index (χ0v) is 11.4. The first-order valence-electron chi connectivity index (χ1n) is 5.94. The Labute approximate surface area is 104 Å². The van der Waals surface area contributed by atoms with Crippen molar-refractivity contribution >= 4 is 5.91 Å². The molecule has 0 saturated carbocycles. The topological polar surface area (TPSA) is 49.6 Å².